The van der Waals surface area contributed by atoms with Crippen LogP contribution in [0.15, 0.2) is 60.7 Å². The quantitative estimate of drug-likeness (QED) is 0.701. The first kappa shape index (κ1) is 16.7. The van der Waals surface area contributed by atoms with Crippen molar-refractivity contribution in [1.82, 2.24) is 10.6 Å². The van der Waals surface area contributed by atoms with Crippen LogP contribution in [-0.4, -0.2) is 30.0 Å². The second-order valence-electron chi connectivity index (χ2n) is 5.18. The van der Waals surface area contributed by atoms with E-state index in [0.29, 0.717) is 17.7 Å². The van der Waals surface area contributed by atoms with Gasteiger partial charge >= 0.3 is 0 Å². The molecule has 0 bridgehead atoms. The number of nitrogens with one attached hydrogen (secondary N) is 2. The molecule has 23 heavy (non-hydrogen) atoms. The molecule has 0 aliphatic carbocycles. The number of carbonyl (C=O) groups is 2. The fourth-order valence-electron chi connectivity index (χ4n) is 2.33. The van der Waals surface area contributed by atoms with Crippen LogP contribution in [0, 0.1) is 0 Å². The summed E-state index contributed by atoms with van der Waals surface area (Å²) in [6, 6.07) is 17.6. The van der Waals surface area contributed by atoms with Gasteiger partial charge in [-0.25, -0.2) is 0 Å². The molecule has 0 fully saturated rings. The lowest BCUT2D eigenvalue weighted by molar-refractivity contribution is -0.136. The number of amides is 2. The lowest BCUT2D eigenvalue weighted by Gasteiger charge is -2.28. The van der Waals surface area contributed by atoms with Crippen molar-refractivity contribution in [3.8, 4) is 0 Å². The Morgan fingerprint density at radius 2 is 1.30 bits per heavy atom. The van der Waals surface area contributed by atoms with Gasteiger partial charge in [-0.3, -0.25) is 9.59 Å². The first-order valence-corrected chi connectivity index (χ1v) is 7.41. The van der Waals surface area contributed by atoms with Gasteiger partial charge in [0.15, 0.2) is 5.60 Å². The van der Waals surface area contributed by atoms with Gasteiger partial charge in [-0.05, 0) is 11.1 Å². The topological polar surface area (TPSA) is 78.4 Å². The summed E-state index contributed by atoms with van der Waals surface area (Å²) in [4.78, 5) is 23.5. The maximum Gasteiger partial charge on any atom is 0.261 e. The molecular formula is C18H20N2O3. The van der Waals surface area contributed by atoms with Crippen LogP contribution in [0.2, 0.25) is 0 Å². The van der Waals surface area contributed by atoms with E-state index in [1.807, 2.05) is 12.1 Å². The van der Waals surface area contributed by atoms with Crippen LogP contribution in [0.5, 0.6) is 0 Å². The van der Waals surface area contributed by atoms with E-state index in [0.717, 1.165) is 0 Å². The van der Waals surface area contributed by atoms with Gasteiger partial charge in [-0.1, -0.05) is 60.7 Å². The van der Waals surface area contributed by atoms with Crippen molar-refractivity contribution in [2.75, 3.05) is 13.1 Å². The highest BCUT2D eigenvalue weighted by atomic mass is 16.3. The van der Waals surface area contributed by atoms with Gasteiger partial charge in [0.1, 0.15) is 0 Å². The van der Waals surface area contributed by atoms with Gasteiger partial charge in [-0.2, -0.15) is 0 Å². The Balaban J connectivity index is 2.24. The van der Waals surface area contributed by atoms with Gasteiger partial charge in [0.25, 0.3) is 5.91 Å². The zero-order chi connectivity index (χ0) is 16.7. The number of hydrogen-bond acceptors (Lipinski definition) is 3. The minimum Gasteiger partial charge on any atom is -0.372 e. The van der Waals surface area contributed by atoms with E-state index in [1.54, 1.807) is 48.5 Å². The Morgan fingerprint density at radius 1 is 0.870 bits per heavy atom. The van der Waals surface area contributed by atoms with Crippen LogP contribution in [0.1, 0.15) is 18.1 Å². The van der Waals surface area contributed by atoms with Gasteiger partial charge in [0.2, 0.25) is 5.91 Å². The molecule has 0 heterocycles. The Bertz CT molecular complexity index is 617. The van der Waals surface area contributed by atoms with Crippen molar-refractivity contribution < 1.29 is 14.7 Å². The van der Waals surface area contributed by atoms with Crippen LogP contribution >= 0.6 is 0 Å². The minimum absolute atomic E-state index is 0.166. The lowest BCUT2D eigenvalue weighted by Crippen LogP contribution is -2.47. The van der Waals surface area contributed by atoms with E-state index in [4.69, 9.17) is 0 Å². The molecule has 0 aliphatic rings. The summed E-state index contributed by atoms with van der Waals surface area (Å²) < 4.78 is 0. The summed E-state index contributed by atoms with van der Waals surface area (Å²) >= 11 is 0. The first-order valence-electron chi connectivity index (χ1n) is 7.41. The van der Waals surface area contributed by atoms with Crippen LogP contribution < -0.4 is 10.6 Å². The molecule has 0 saturated carbocycles. The average Bonchev–Trinajstić information content (AvgIpc) is 2.59. The molecule has 0 spiro atoms. The Kier molecular flexibility index (Phi) is 5.49. The molecule has 2 amide bonds. The fraction of sp³-hybridized carbons (Fsp3) is 0.222. The minimum atomic E-state index is -1.78. The monoisotopic (exact) mass is 312 g/mol. The second-order valence-corrected chi connectivity index (χ2v) is 5.18. The van der Waals surface area contributed by atoms with E-state index in [9.17, 15) is 14.7 Å². The fourth-order valence-corrected chi connectivity index (χ4v) is 2.33. The zero-order valence-electron chi connectivity index (χ0n) is 13.0. The molecule has 0 aliphatic heterocycles. The zero-order valence-corrected chi connectivity index (χ0v) is 13.0. The molecule has 2 aromatic carbocycles. The Morgan fingerprint density at radius 3 is 1.74 bits per heavy atom. The molecule has 120 valence electrons. The predicted octanol–water partition coefficient (Wildman–Crippen LogP) is 1.17. The van der Waals surface area contributed by atoms with Crippen molar-refractivity contribution in [1.29, 1.82) is 0 Å². The smallest absolute Gasteiger partial charge is 0.261 e. The van der Waals surface area contributed by atoms with Gasteiger partial charge < -0.3 is 15.7 Å². The highest BCUT2D eigenvalue weighted by Crippen LogP contribution is 2.29. The highest BCUT2D eigenvalue weighted by molar-refractivity contribution is 5.90. The maximum atomic E-state index is 12.6. The first-order chi connectivity index (χ1) is 11.0. The Hall–Kier alpha value is -2.66. The van der Waals surface area contributed by atoms with E-state index < -0.39 is 11.5 Å². The van der Waals surface area contributed by atoms with E-state index in [-0.39, 0.29) is 12.5 Å². The molecule has 5 heteroatoms. The van der Waals surface area contributed by atoms with Crippen LogP contribution in [0.25, 0.3) is 0 Å². The summed E-state index contributed by atoms with van der Waals surface area (Å²) in [5, 5.41) is 16.4. The van der Waals surface area contributed by atoms with E-state index >= 15 is 0 Å². The standard InChI is InChI=1S/C18H20N2O3/c1-14(21)19-12-13-20-17(22)18(23,15-8-4-2-5-9-15)16-10-6-3-7-11-16/h2-11,23H,12-13H2,1H3,(H,19,21)(H,20,22). The molecule has 0 unspecified atom stereocenters. The summed E-state index contributed by atoms with van der Waals surface area (Å²) in [5.41, 5.74) is -0.801. The SMILES string of the molecule is CC(=O)NCCNC(=O)C(O)(c1ccccc1)c1ccccc1. The maximum absolute atomic E-state index is 12.6. The van der Waals surface area contributed by atoms with Gasteiger partial charge in [0, 0.05) is 20.0 Å². The molecule has 0 saturated heterocycles. The largest absolute Gasteiger partial charge is 0.372 e. The van der Waals surface area contributed by atoms with Gasteiger partial charge in [0.05, 0.1) is 0 Å². The van der Waals surface area contributed by atoms with Gasteiger partial charge in [-0.15, -0.1) is 0 Å². The third-order valence-corrected chi connectivity index (χ3v) is 3.50. The summed E-state index contributed by atoms with van der Waals surface area (Å²) in [7, 11) is 0. The van der Waals surface area contributed by atoms with Crippen molar-refractivity contribution in [2.24, 2.45) is 0 Å². The number of hydrogen-bond donors (Lipinski definition) is 3. The van der Waals surface area contributed by atoms with Crippen molar-refractivity contribution in [3.05, 3.63) is 71.8 Å². The molecule has 2 aromatic rings. The molecular weight excluding hydrogens is 292 g/mol. The lowest BCUT2D eigenvalue weighted by atomic mass is 9.85. The summed E-state index contributed by atoms with van der Waals surface area (Å²) in [6.07, 6.45) is 0. The third-order valence-electron chi connectivity index (χ3n) is 3.50. The third kappa shape index (κ3) is 3.96. The van der Waals surface area contributed by atoms with E-state index in [2.05, 4.69) is 10.6 Å². The summed E-state index contributed by atoms with van der Waals surface area (Å²) in [5.74, 6) is -0.694. The molecule has 0 radical (unpaired) electrons. The highest BCUT2D eigenvalue weighted by Gasteiger charge is 2.39. The predicted molar refractivity (Wildman–Crippen MR) is 87.6 cm³/mol. The van der Waals surface area contributed by atoms with Crippen molar-refractivity contribution in [3.63, 3.8) is 0 Å². The normalized spacial score (nSPS) is 10.9. The van der Waals surface area contributed by atoms with Crippen LogP contribution in [0.3, 0.4) is 0 Å². The number of aliphatic hydroxyl groups is 1. The number of rotatable bonds is 6. The van der Waals surface area contributed by atoms with Crippen molar-refractivity contribution in [2.45, 2.75) is 12.5 Å². The average molecular weight is 312 g/mol. The van der Waals surface area contributed by atoms with Crippen LogP contribution in [0.4, 0.5) is 0 Å². The molecule has 2 rings (SSSR count). The molecule has 3 N–H and O–H groups in total. The number of carbonyl (C=O) groups excluding carboxylic acids is 2. The Labute approximate surface area is 135 Å². The molecule has 0 aromatic heterocycles. The van der Waals surface area contributed by atoms with Crippen molar-refractivity contribution >= 4 is 11.8 Å². The number of benzene rings is 2. The molecule has 5 nitrogen and oxygen atoms in total. The summed E-state index contributed by atoms with van der Waals surface area (Å²) in [6.45, 7) is 1.95. The van der Waals surface area contributed by atoms with E-state index in [1.165, 1.54) is 6.92 Å². The van der Waals surface area contributed by atoms with Crippen LogP contribution in [-0.2, 0) is 15.2 Å². The molecule has 0 atom stereocenters. The second kappa shape index (κ2) is 7.56.